The summed E-state index contributed by atoms with van der Waals surface area (Å²) in [4.78, 5) is 6.35. The maximum atomic E-state index is 5.73. The van der Waals surface area contributed by atoms with Crippen molar-refractivity contribution in [1.29, 1.82) is 0 Å². The first-order valence-electron chi connectivity index (χ1n) is 5.81. The molecule has 0 bridgehead atoms. The third-order valence-electron chi connectivity index (χ3n) is 2.32. The molecule has 0 aliphatic heterocycles. The maximum absolute atomic E-state index is 5.73. The average molecular weight is 362 g/mol. The largest absolute Gasteiger partial charge is 0.378 e. The molecule has 5 heteroatoms. The highest BCUT2D eigenvalue weighted by atomic mass is 127. The van der Waals surface area contributed by atoms with Crippen LogP contribution in [0.2, 0.25) is 0 Å². The van der Waals surface area contributed by atoms with Gasteiger partial charge in [0.05, 0.1) is 6.54 Å². The van der Waals surface area contributed by atoms with Crippen LogP contribution in [-0.2, 0) is 6.54 Å². The predicted molar refractivity (Wildman–Crippen MR) is 89.8 cm³/mol. The second kappa shape index (κ2) is 8.18. The number of hydrogen-bond acceptors (Lipinski definition) is 2. The molecule has 0 aliphatic carbocycles. The molecule has 0 heterocycles. The Labute approximate surface area is 127 Å². The third-order valence-corrected chi connectivity index (χ3v) is 2.32. The first kappa shape index (κ1) is 17.0. The van der Waals surface area contributed by atoms with Gasteiger partial charge in [0, 0.05) is 25.8 Å². The zero-order valence-corrected chi connectivity index (χ0v) is 13.8. The van der Waals surface area contributed by atoms with Gasteiger partial charge < -0.3 is 16.0 Å². The number of anilines is 1. The standard InChI is InChI=1S/C13H22N4.HI/c1-10(2)16-13(14)15-9-11-5-7-12(8-6-11)17(3)4;/h5-8,10H,9H2,1-4H3,(H3,14,15,16);1H. The molecule has 0 saturated carbocycles. The number of nitrogens with one attached hydrogen (secondary N) is 1. The molecule has 0 radical (unpaired) electrons. The van der Waals surface area contributed by atoms with Crippen molar-refractivity contribution < 1.29 is 0 Å². The highest BCUT2D eigenvalue weighted by molar-refractivity contribution is 14.0. The normalized spacial score (nSPS) is 11.1. The molecule has 0 atom stereocenters. The number of benzene rings is 1. The maximum Gasteiger partial charge on any atom is 0.189 e. The van der Waals surface area contributed by atoms with Crippen LogP contribution in [0.1, 0.15) is 19.4 Å². The van der Waals surface area contributed by atoms with Gasteiger partial charge >= 0.3 is 0 Å². The lowest BCUT2D eigenvalue weighted by atomic mass is 10.2. The lowest BCUT2D eigenvalue weighted by Crippen LogP contribution is -2.36. The average Bonchev–Trinajstić information content (AvgIpc) is 2.26. The van der Waals surface area contributed by atoms with E-state index >= 15 is 0 Å². The van der Waals surface area contributed by atoms with E-state index in [-0.39, 0.29) is 24.0 Å². The van der Waals surface area contributed by atoms with Gasteiger partial charge in [0.1, 0.15) is 0 Å². The Morgan fingerprint density at radius 3 is 2.28 bits per heavy atom. The summed E-state index contributed by atoms with van der Waals surface area (Å²) in [5.41, 5.74) is 8.07. The van der Waals surface area contributed by atoms with Crippen LogP contribution >= 0.6 is 24.0 Å². The molecule has 102 valence electrons. The van der Waals surface area contributed by atoms with Crippen LogP contribution in [0.15, 0.2) is 29.3 Å². The lowest BCUT2D eigenvalue weighted by molar-refractivity contribution is 0.723. The second-order valence-electron chi connectivity index (χ2n) is 4.56. The molecule has 0 aromatic heterocycles. The minimum absolute atomic E-state index is 0. The van der Waals surface area contributed by atoms with Crippen molar-refractivity contribution in [2.75, 3.05) is 19.0 Å². The molecule has 0 amide bonds. The smallest absolute Gasteiger partial charge is 0.189 e. The summed E-state index contributed by atoms with van der Waals surface area (Å²) in [5.74, 6) is 0.497. The zero-order valence-electron chi connectivity index (χ0n) is 11.5. The third kappa shape index (κ3) is 6.09. The molecule has 0 spiro atoms. The predicted octanol–water partition coefficient (Wildman–Crippen LogP) is 2.18. The van der Waals surface area contributed by atoms with Gasteiger partial charge in [-0.1, -0.05) is 12.1 Å². The fourth-order valence-electron chi connectivity index (χ4n) is 1.42. The van der Waals surface area contributed by atoms with Crippen LogP contribution in [0.3, 0.4) is 0 Å². The van der Waals surface area contributed by atoms with Crippen molar-refractivity contribution in [3.8, 4) is 0 Å². The van der Waals surface area contributed by atoms with Crippen LogP contribution in [0, 0.1) is 0 Å². The molecule has 1 aromatic rings. The van der Waals surface area contributed by atoms with Crippen molar-refractivity contribution in [1.82, 2.24) is 5.32 Å². The van der Waals surface area contributed by atoms with Crippen molar-refractivity contribution in [3.63, 3.8) is 0 Å². The second-order valence-corrected chi connectivity index (χ2v) is 4.56. The fraction of sp³-hybridized carbons (Fsp3) is 0.462. The Balaban J connectivity index is 0.00000289. The fourth-order valence-corrected chi connectivity index (χ4v) is 1.42. The summed E-state index contributed by atoms with van der Waals surface area (Å²) in [6, 6.07) is 8.62. The van der Waals surface area contributed by atoms with Crippen LogP contribution in [-0.4, -0.2) is 26.1 Å². The molecular weight excluding hydrogens is 339 g/mol. The summed E-state index contributed by atoms with van der Waals surface area (Å²) < 4.78 is 0. The molecule has 1 rings (SSSR count). The highest BCUT2D eigenvalue weighted by Crippen LogP contribution is 2.12. The Hall–Kier alpha value is -0.980. The molecule has 4 nitrogen and oxygen atoms in total. The van der Waals surface area contributed by atoms with Crippen molar-refractivity contribution in [2.45, 2.75) is 26.4 Å². The lowest BCUT2D eigenvalue weighted by Gasteiger charge is -2.12. The van der Waals surface area contributed by atoms with Gasteiger partial charge in [-0.25, -0.2) is 4.99 Å². The SMILES string of the molecule is CC(C)NC(N)=NCc1ccc(N(C)C)cc1.I. The number of nitrogens with zero attached hydrogens (tertiary/aromatic N) is 2. The summed E-state index contributed by atoms with van der Waals surface area (Å²) >= 11 is 0. The van der Waals surface area contributed by atoms with E-state index in [0.717, 1.165) is 5.56 Å². The number of nitrogens with two attached hydrogens (primary N) is 1. The van der Waals surface area contributed by atoms with Gasteiger partial charge in [0.15, 0.2) is 5.96 Å². The number of rotatable bonds is 4. The molecule has 0 unspecified atom stereocenters. The van der Waals surface area contributed by atoms with E-state index in [0.29, 0.717) is 18.5 Å². The number of guanidine groups is 1. The van der Waals surface area contributed by atoms with E-state index in [1.807, 2.05) is 27.9 Å². The first-order chi connectivity index (χ1) is 7.99. The molecule has 18 heavy (non-hydrogen) atoms. The number of halogens is 1. The minimum atomic E-state index is 0. The van der Waals surface area contributed by atoms with E-state index in [2.05, 4.69) is 39.5 Å². The monoisotopic (exact) mass is 362 g/mol. The Morgan fingerprint density at radius 1 is 1.28 bits per heavy atom. The number of hydrogen-bond donors (Lipinski definition) is 2. The van der Waals surface area contributed by atoms with Gasteiger partial charge in [-0.2, -0.15) is 0 Å². The van der Waals surface area contributed by atoms with Crippen LogP contribution in [0.25, 0.3) is 0 Å². The van der Waals surface area contributed by atoms with Gasteiger partial charge in [-0.3, -0.25) is 0 Å². The summed E-state index contributed by atoms with van der Waals surface area (Å²) in [6.45, 7) is 4.68. The molecule has 0 saturated heterocycles. The first-order valence-corrected chi connectivity index (χ1v) is 5.81. The minimum Gasteiger partial charge on any atom is -0.378 e. The molecule has 0 fully saturated rings. The van der Waals surface area contributed by atoms with Crippen molar-refractivity contribution in [3.05, 3.63) is 29.8 Å². The summed E-state index contributed by atoms with van der Waals surface area (Å²) in [5, 5.41) is 3.06. The molecular formula is C13H23IN4. The Morgan fingerprint density at radius 2 is 1.83 bits per heavy atom. The van der Waals surface area contributed by atoms with E-state index in [9.17, 15) is 0 Å². The molecule has 0 aliphatic rings. The highest BCUT2D eigenvalue weighted by Gasteiger charge is 1.97. The van der Waals surface area contributed by atoms with E-state index < -0.39 is 0 Å². The number of aliphatic imine (C=N–C) groups is 1. The van der Waals surface area contributed by atoms with E-state index in [4.69, 9.17) is 5.73 Å². The van der Waals surface area contributed by atoms with Crippen LogP contribution < -0.4 is 16.0 Å². The molecule has 3 N–H and O–H groups in total. The van der Waals surface area contributed by atoms with Gasteiger partial charge in [-0.15, -0.1) is 24.0 Å². The van der Waals surface area contributed by atoms with Crippen LogP contribution in [0.4, 0.5) is 5.69 Å². The molecule has 1 aromatic carbocycles. The quantitative estimate of drug-likeness (QED) is 0.491. The zero-order chi connectivity index (χ0) is 12.8. The van der Waals surface area contributed by atoms with Crippen LogP contribution in [0.5, 0.6) is 0 Å². The summed E-state index contributed by atoms with van der Waals surface area (Å²) in [7, 11) is 4.05. The van der Waals surface area contributed by atoms with Gasteiger partial charge in [0.25, 0.3) is 0 Å². The van der Waals surface area contributed by atoms with Crippen molar-refractivity contribution >= 4 is 35.6 Å². The van der Waals surface area contributed by atoms with Gasteiger partial charge in [0.2, 0.25) is 0 Å². The van der Waals surface area contributed by atoms with E-state index in [1.54, 1.807) is 0 Å². The summed E-state index contributed by atoms with van der Waals surface area (Å²) in [6.07, 6.45) is 0. The van der Waals surface area contributed by atoms with Crippen molar-refractivity contribution in [2.24, 2.45) is 10.7 Å². The van der Waals surface area contributed by atoms with E-state index in [1.165, 1.54) is 5.69 Å². The topological polar surface area (TPSA) is 53.6 Å². The Kier molecular flexibility index (Phi) is 7.73. The van der Waals surface area contributed by atoms with Gasteiger partial charge in [-0.05, 0) is 31.5 Å². The Bertz CT molecular complexity index is 371.